The van der Waals surface area contributed by atoms with Gasteiger partial charge in [0, 0.05) is 31.0 Å². The van der Waals surface area contributed by atoms with Gasteiger partial charge in [-0.1, -0.05) is 19.4 Å². The number of nitrogens with two attached hydrogens (primary N) is 1. The van der Waals surface area contributed by atoms with Crippen LogP contribution in [-0.2, 0) is 4.79 Å². The fraction of sp³-hybridized carbons (Fsp3) is 0.571. The lowest BCUT2D eigenvalue weighted by atomic mass is 9.70. The highest BCUT2D eigenvalue weighted by Crippen LogP contribution is 2.41. The molecule has 0 bridgehead atoms. The molecule has 1 aromatic heterocycles. The number of nitrogens with zero attached hydrogens (tertiary/aromatic N) is 4. The van der Waals surface area contributed by atoms with E-state index in [0.717, 1.165) is 25.9 Å². The van der Waals surface area contributed by atoms with E-state index in [4.69, 9.17) is 10.5 Å². The van der Waals surface area contributed by atoms with Crippen molar-refractivity contribution in [3.63, 3.8) is 0 Å². The van der Waals surface area contributed by atoms with Crippen molar-refractivity contribution in [1.29, 1.82) is 0 Å². The Morgan fingerprint density at radius 1 is 1.08 bits per heavy atom. The molecule has 0 unspecified atom stereocenters. The van der Waals surface area contributed by atoms with E-state index in [2.05, 4.69) is 21.8 Å². The molecule has 37 heavy (non-hydrogen) atoms. The van der Waals surface area contributed by atoms with E-state index in [0.29, 0.717) is 54.5 Å². The van der Waals surface area contributed by atoms with Crippen LogP contribution in [0.1, 0.15) is 62.2 Å². The second-order valence-corrected chi connectivity index (χ2v) is 11.2. The molecular formula is C28H36FN5O3. The third kappa shape index (κ3) is 5.76. The molecular weight excluding hydrogens is 473 g/mol. The largest absolute Gasteiger partial charge is 0.463 e. The summed E-state index contributed by atoms with van der Waals surface area (Å²) in [5, 5.41) is 0. The molecule has 0 spiro atoms. The average Bonchev–Trinajstić information content (AvgIpc) is 3.38. The first kappa shape index (κ1) is 25.6. The minimum absolute atomic E-state index is 0.0781. The maximum atomic E-state index is 14.9. The Bertz CT molecular complexity index is 1130. The second-order valence-electron chi connectivity index (χ2n) is 11.2. The van der Waals surface area contributed by atoms with Crippen LogP contribution in [-0.4, -0.2) is 70.4 Å². The lowest BCUT2D eigenvalue weighted by Gasteiger charge is -2.44. The van der Waals surface area contributed by atoms with Crippen LogP contribution in [0.4, 0.5) is 4.39 Å². The van der Waals surface area contributed by atoms with E-state index in [1.54, 1.807) is 18.5 Å². The van der Waals surface area contributed by atoms with Gasteiger partial charge in [0.2, 0.25) is 5.91 Å². The quantitative estimate of drug-likeness (QED) is 0.583. The number of primary amides is 1. The normalized spacial score (nSPS) is 22.0. The molecule has 0 radical (unpaired) electrons. The Hall–Kier alpha value is -3.07. The number of benzene rings is 1. The smallest absolute Gasteiger partial charge is 0.316 e. The number of carbonyl (C=O) groups is 2. The van der Waals surface area contributed by atoms with Crippen LogP contribution in [0, 0.1) is 17.2 Å². The monoisotopic (exact) mass is 509 g/mol. The number of piperidine rings is 1. The predicted molar refractivity (Wildman–Crippen MR) is 137 cm³/mol. The number of halogens is 1. The van der Waals surface area contributed by atoms with Crippen LogP contribution in [0.2, 0.25) is 0 Å². The van der Waals surface area contributed by atoms with Gasteiger partial charge < -0.3 is 20.3 Å². The fourth-order valence-corrected chi connectivity index (χ4v) is 5.85. The van der Waals surface area contributed by atoms with Crippen LogP contribution in [0.15, 0.2) is 30.6 Å². The van der Waals surface area contributed by atoms with E-state index in [-0.39, 0.29) is 5.56 Å². The fourth-order valence-electron chi connectivity index (χ4n) is 5.85. The molecule has 2 saturated heterocycles. The van der Waals surface area contributed by atoms with Gasteiger partial charge in [-0.3, -0.25) is 9.59 Å². The van der Waals surface area contributed by atoms with E-state index in [1.165, 1.54) is 42.8 Å². The zero-order valence-corrected chi connectivity index (χ0v) is 21.5. The first-order chi connectivity index (χ1) is 17.8. The molecule has 2 aromatic rings. The number of hydrogen-bond acceptors (Lipinski definition) is 6. The summed E-state index contributed by atoms with van der Waals surface area (Å²) in [5.74, 6) is -1.24. The molecule has 1 saturated carbocycles. The molecule has 3 heterocycles. The van der Waals surface area contributed by atoms with Gasteiger partial charge in [-0.15, -0.1) is 0 Å². The molecule has 1 aromatic carbocycles. The lowest BCUT2D eigenvalue weighted by molar-refractivity contribution is -0.121. The number of ether oxygens (including phenoxy) is 1. The SMILES string of the molecule is CC1(CN2CCC(COc3ncc(-c4ccc(C(=O)N5CCC[C@H]5C(N)=O)c(F)c4)cn3)CC2)CCC1. The van der Waals surface area contributed by atoms with Gasteiger partial charge in [-0.25, -0.2) is 14.4 Å². The van der Waals surface area contributed by atoms with Gasteiger partial charge in [-0.05, 0) is 80.6 Å². The first-order valence-electron chi connectivity index (χ1n) is 13.4. The highest BCUT2D eigenvalue weighted by atomic mass is 19.1. The Morgan fingerprint density at radius 2 is 1.81 bits per heavy atom. The van der Waals surface area contributed by atoms with Crippen molar-refractivity contribution < 1.29 is 18.7 Å². The zero-order valence-electron chi connectivity index (χ0n) is 21.5. The topological polar surface area (TPSA) is 102 Å². The molecule has 3 aliphatic rings. The molecule has 2 N–H and O–H groups in total. The number of rotatable bonds is 8. The summed E-state index contributed by atoms with van der Waals surface area (Å²) in [4.78, 5) is 37.0. The minimum Gasteiger partial charge on any atom is -0.463 e. The van der Waals surface area contributed by atoms with E-state index in [1.807, 2.05) is 0 Å². The molecule has 1 atom stereocenters. The number of aromatic nitrogens is 2. The average molecular weight is 510 g/mol. The minimum atomic E-state index is -0.684. The van der Waals surface area contributed by atoms with Gasteiger partial charge in [0.25, 0.3) is 5.91 Å². The Kier molecular flexibility index (Phi) is 7.42. The number of carbonyl (C=O) groups excluding carboxylic acids is 2. The summed E-state index contributed by atoms with van der Waals surface area (Å²) >= 11 is 0. The van der Waals surface area contributed by atoms with E-state index < -0.39 is 23.7 Å². The second kappa shape index (κ2) is 10.7. The molecule has 198 valence electrons. The summed E-state index contributed by atoms with van der Waals surface area (Å²) < 4.78 is 20.7. The third-order valence-corrected chi connectivity index (χ3v) is 8.32. The number of hydrogen-bond donors (Lipinski definition) is 1. The summed E-state index contributed by atoms with van der Waals surface area (Å²) in [7, 11) is 0. The Balaban J connectivity index is 1.13. The number of amides is 2. The Labute approximate surface area is 217 Å². The van der Waals surface area contributed by atoms with Crippen molar-refractivity contribution >= 4 is 11.8 Å². The summed E-state index contributed by atoms with van der Waals surface area (Å²) in [6.45, 7) is 6.85. The van der Waals surface area contributed by atoms with E-state index in [9.17, 15) is 14.0 Å². The third-order valence-electron chi connectivity index (χ3n) is 8.32. The highest BCUT2D eigenvalue weighted by molar-refractivity contribution is 5.98. The van der Waals surface area contributed by atoms with Gasteiger partial charge in [-0.2, -0.15) is 0 Å². The van der Waals surface area contributed by atoms with Crippen molar-refractivity contribution in [2.45, 2.75) is 57.9 Å². The van der Waals surface area contributed by atoms with Crippen LogP contribution in [0.5, 0.6) is 6.01 Å². The van der Waals surface area contributed by atoms with Crippen molar-refractivity contribution in [2.24, 2.45) is 17.1 Å². The van der Waals surface area contributed by atoms with Crippen molar-refractivity contribution in [1.82, 2.24) is 19.8 Å². The lowest BCUT2D eigenvalue weighted by Crippen LogP contribution is -2.44. The number of likely N-dealkylation sites (tertiary alicyclic amines) is 2. The molecule has 9 heteroatoms. The van der Waals surface area contributed by atoms with Crippen molar-refractivity contribution in [2.75, 3.05) is 32.8 Å². The summed E-state index contributed by atoms with van der Waals surface area (Å²) in [6.07, 6.45) is 10.7. The summed E-state index contributed by atoms with van der Waals surface area (Å²) in [6, 6.07) is 4.01. The highest BCUT2D eigenvalue weighted by Gasteiger charge is 2.35. The van der Waals surface area contributed by atoms with Crippen molar-refractivity contribution in [3.05, 3.63) is 42.0 Å². The summed E-state index contributed by atoms with van der Waals surface area (Å²) in [5.41, 5.74) is 7.03. The van der Waals surface area contributed by atoms with Crippen LogP contribution in [0.3, 0.4) is 0 Å². The predicted octanol–water partition coefficient (Wildman–Crippen LogP) is 3.65. The van der Waals surface area contributed by atoms with Crippen LogP contribution >= 0.6 is 0 Å². The maximum absolute atomic E-state index is 14.9. The molecule has 2 amide bonds. The zero-order chi connectivity index (χ0) is 26.0. The van der Waals surface area contributed by atoms with Gasteiger partial charge in [0.1, 0.15) is 11.9 Å². The van der Waals surface area contributed by atoms with Crippen LogP contribution in [0.25, 0.3) is 11.1 Å². The standard InChI is InChI=1S/C28H36FN5O3/c1-28(9-3-10-28)18-33-12-7-19(8-13-33)17-37-27-31-15-21(16-32-27)20-5-6-22(23(29)14-20)26(36)34-11-2-4-24(34)25(30)35/h5-6,14-16,19,24H,2-4,7-13,17-18H2,1H3,(H2,30,35)/t24-/m0/s1. The molecule has 2 aliphatic heterocycles. The molecule has 1 aliphatic carbocycles. The van der Waals surface area contributed by atoms with Gasteiger partial charge >= 0.3 is 6.01 Å². The Morgan fingerprint density at radius 3 is 2.43 bits per heavy atom. The van der Waals surface area contributed by atoms with E-state index >= 15 is 0 Å². The first-order valence-corrected chi connectivity index (χ1v) is 13.4. The maximum Gasteiger partial charge on any atom is 0.316 e. The molecule has 3 fully saturated rings. The van der Waals surface area contributed by atoms with Crippen molar-refractivity contribution in [3.8, 4) is 17.1 Å². The van der Waals surface area contributed by atoms with Gasteiger partial charge in [0.05, 0.1) is 12.2 Å². The molecule has 5 rings (SSSR count). The van der Waals surface area contributed by atoms with Gasteiger partial charge in [0.15, 0.2) is 0 Å². The van der Waals surface area contributed by atoms with Crippen LogP contribution < -0.4 is 10.5 Å². The molecule has 8 nitrogen and oxygen atoms in total.